The minimum Gasteiger partial charge on any atom is -0.437 e. The molecule has 2 rings (SSSR count). The molecule has 1 aromatic carbocycles. The number of nitrogens with zero attached hydrogens (tertiary/aromatic N) is 1. The molecule has 4 nitrogen and oxygen atoms in total. The lowest BCUT2D eigenvalue weighted by atomic mass is 10.2. The van der Waals surface area contributed by atoms with Crippen LogP contribution in [0.2, 0.25) is 10.0 Å². The summed E-state index contributed by atoms with van der Waals surface area (Å²) in [6, 6.07) is 5.19. The fourth-order valence-corrected chi connectivity index (χ4v) is 1.53. The SMILES string of the molecule is Cc1ccc(Cl)cc1Oc1nc[nH]c(=O)c1Cl. The van der Waals surface area contributed by atoms with Crippen LogP contribution >= 0.6 is 23.2 Å². The van der Waals surface area contributed by atoms with Gasteiger partial charge in [-0.05, 0) is 24.6 Å². The van der Waals surface area contributed by atoms with E-state index in [0.717, 1.165) is 5.56 Å². The van der Waals surface area contributed by atoms with Gasteiger partial charge in [0.15, 0.2) is 5.02 Å². The molecule has 0 amide bonds. The third-order valence-corrected chi connectivity index (χ3v) is 2.69. The summed E-state index contributed by atoms with van der Waals surface area (Å²) in [6.07, 6.45) is 1.23. The lowest BCUT2D eigenvalue weighted by Gasteiger charge is -2.08. The predicted molar refractivity (Wildman–Crippen MR) is 66.1 cm³/mol. The molecule has 0 aliphatic carbocycles. The van der Waals surface area contributed by atoms with E-state index >= 15 is 0 Å². The Morgan fingerprint density at radius 3 is 2.88 bits per heavy atom. The van der Waals surface area contributed by atoms with Crippen molar-refractivity contribution in [1.82, 2.24) is 9.97 Å². The van der Waals surface area contributed by atoms with Gasteiger partial charge in [-0.3, -0.25) is 4.79 Å². The van der Waals surface area contributed by atoms with Gasteiger partial charge in [0, 0.05) is 5.02 Å². The van der Waals surface area contributed by atoms with Crippen LogP contribution in [0.5, 0.6) is 11.6 Å². The van der Waals surface area contributed by atoms with E-state index in [0.29, 0.717) is 10.8 Å². The number of aromatic nitrogens is 2. The van der Waals surface area contributed by atoms with Crippen molar-refractivity contribution in [2.24, 2.45) is 0 Å². The molecule has 0 spiro atoms. The number of halogens is 2. The number of aryl methyl sites for hydroxylation is 1. The maximum Gasteiger partial charge on any atom is 0.273 e. The number of ether oxygens (including phenoxy) is 1. The van der Waals surface area contributed by atoms with Crippen molar-refractivity contribution in [2.45, 2.75) is 6.92 Å². The monoisotopic (exact) mass is 270 g/mol. The minimum absolute atomic E-state index is 0.0563. The average Bonchev–Trinajstić information content (AvgIpc) is 2.30. The lowest BCUT2D eigenvalue weighted by molar-refractivity contribution is 0.457. The standard InChI is InChI=1S/C11H8Cl2N2O2/c1-6-2-3-7(12)4-8(6)17-11-9(13)10(16)14-5-15-11/h2-5H,1H3,(H,14,15,16). The van der Waals surface area contributed by atoms with Gasteiger partial charge in [0.05, 0.1) is 6.33 Å². The first kappa shape index (κ1) is 12.0. The van der Waals surface area contributed by atoms with E-state index in [-0.39, 0.29) is 10.9 Å². The summed E-state index contributed by atoms with van der Waals surface area (Å²) in [7, 11) is 0. The molecule has 1 N–H and O–H groups in total. The zero-order chi connectivity index (χ0) is 12.4. The van der Waals surface area contributed by atoms with Gasteiger partial charge in [0.2, 0.25) is 5.88 Å². The molecule has 0 unspecified atom stereocenters. The van der Waals surface area contributed by atoms with Crippen LogP contribution in [0.3, 0.4) is 0 Å². The normalized spacial score (nSPS) is 10.3. The summed E-state index contributed by atoms with van der Waals surface area (Å²) in [4.78, 5) is 17.4. The second-order valence-electron chi connectivity index (χ2n) is 3.36. The number of rotatable bonds is 2. The Labute approximate surface area is 107 Å². The molecule has 0 aliphatic heterocycles. The highest BCUT2D eigenvalue weighted by atomic mass is 35.5. The largest absolute Gasteiger partial charge is 0.437 e. The number of benzene rings is 1. The van der Waals surface area contributed by atoms with Gasteiger partial charge < -0.3 is 9.72 Å². The van der Waals surface area contributed by atoms with E-state index in [9.17, 15) is 4.79 Å². The van der Waals surface area contributed by atoms with E-state index < -0.39 is 5.56 Å². The van der Waals surface area contributed by atoms with Gasteiger partial charge in [-0.25, -0.2) is 4.98 Å². The Morgan fingerprint density at radius 2 is 2.12 bits per heavy atom. The lowest BCUT2D eigenvalue weighted by Crippen LogP contribution is -2.08. The fourth-order valence-electron chi connectivity index (χ4n) is 1.23. The second-order valence-corrected chi connectivity index (χ2v) is 4.18. The third kappa shape index (κ3) is 2.60. The molecular weight excluding hydrogens is 263 g/mol. The predicted octanol–water partition coefficient (Wildman–Crippen LogP) is 3.18. The van der Waals surface area contributed by atoms with Crippen LogP contribution in [0.1, 0.15) is 5.56 Å². The molecule has 0 bridgehead atoms. The van der Waals surface area contributed by atoms with Crippen molar-refractivity contribution in [1.29, 1.82) is 0 Å². The van der Waals surface area contributed by atoms with Gasteiger partial charge in [-0.1, -0.05) is 29.3 Å². The molecule has 0 saturated heterocycles. The van der Waals surface area contributed by atoms with E-state index in [1.165, 1.54) is 6.33 Å². The smallest absolute Gasteiger partial charge is 0.273 e. The van der Waals surface area contributed by atoms with Gasteiger partial charge in [-0.15, -0.1) is 0 Å². The number of H-pyrrole nitrogens is 1. The molecule has 1 aromatic heterocycles. The third-order valence-electron chi connectivity index (χ3n) is 2.12. The van der Waals surface area contributed by atoms with Crippen LogP contribution in [0, 0.1) is 6.92 Å². The van der Waals surface area contributed by atoms with Crippen LogP contribution < -0.4 is 10.3 Å². The van der Waals surface area contributed by atoms with E-state index in [1.54, 1.807) is 18.2 Å². The molecule has 2 aromatic rings. The van der Waals surface area contributed by atoms with Crippen molar-refractivity contribution >= 4 is 23.2 Å². The van der Waals surface area contributed by atoms with Crippen LogP contribution in [-0.4, -0.2) is 9.97 Å². The maximum atomic E-state index is 11.2. The van der Waals surface area contributed by atoms with Crippen molar-refractivity contribution in [3.05, 3.63) is 50.5 Å². The molecule has 0 atom stereocenters. The van der Waals surface area contributed by atoms with Gasteiger partial charge in [0.1, 0.15) is 5.75 Å². The van der Waals surface area contributed by atoms with Gasteiger partial charge in [-0.2, -0.15) is 0 Å². The van der Waals surface area contributed by atoms with Crippen LogP contribution in [-0.2, 0) is 0 Å². The second kappa shape index (κ2) is 4.77. The quantitative estimate of drug-likeness (QED) is 0.912. The topological polar surface area (TPSA) is 55.0 Å². The van der Waals surface area contributed by atoms with Crippen LogP contribution in [0.25, 0.3) is 0 Å². The van der Waals surface area contributed by atoms with E-state index in [1.807, 2.05) is 6.92 Å². The summed E-state index contributed by atoms with van der Waals surface area (Å²) < 4.78 is 5.45. The van der Waals surface area contributed by atoms with E-state index in [4.69, 9.17) is 27.9 Å². The molecule has 1 heterocycles. The highest BCUT2D eigenvalue weighted by Gasteiger charge is 2.10. The Hall–Kier alpha value is -1.52. The molecule has 17 heavy (non-hydrogen) atoms. The molecule has 0 saturated carbocycles. The van der Waals surface area contributed by atoms with Crippen LogP contribution in [0.15, 0.2) is 29.3 Å². The zero-order valence-corrected chi connectivity index (χ0v) is 10.3. The van der Waals surface area contributed by atoms with Gasteiger partial charge >= 0.3 is 0 Å². The summed E-state index contributed by atoms with van der Waals surface area (Å²) in [5.74, 6) is 0.568. The molecule has 0 aliphatic rings. The summed E-state index contributed by atoms with van der Waals surface area (Å²) >= 11 is 11.6. The summed E-state index contributed by atoms with van der Waals surface area (Å²) in [5.41, 5.74) is 0.420. The number of nitrogens with one attached hydrogen (secondary N) is 1. The van der Waals surface area contributed by atoms with Crippen molar-refractivity contribution < 1.29 is 4.74 Å². The minimum atomic E-state index is -0.448. The molecule has 0 fully saturated rings. The highest BCUT2D eigenvalue weighted by molar-refractivity contribution is 6.31. The Bertz CT molecular complexity index is 611. The number of hydrogen-bond acceptors (Lipinski definition) is 3. The van der Waals surface area contributed by atoms with Crippen LogP contribution in [0.4, 0.5) is 0 Å². The van der Waals surface area contributed by atoms with E-state index in [2.05, 4.69) is 9.97 Å². The fraction of sp³-hybridized carbons (Fsp3) is 0.0909. The highest BCUT2D eigenvalue weighted by Crippen LogP contribution is 2.28. The summed E-state index contributed by atoms with van der Waals surface area (Å²) in [6.45, 7) is 1.85. The van der Waals surface area contributed by atoms with Crippen molar-refractivity contribution in [2.75, 3.05) is 0 Å². The Kier molecular flexibility index (Phi) is 3.36. The maximum absolute atomic E-state index is 11.2. The van der Waals surface area contributed by atoms with Crippen molar-refractivity contribution in [3.63, 3.8) is 0 Å². The molecule has 88 valence electrons. The molecular formula is C11H8Cl2N2O2. The summed E-state index contributed by atoms with van der Waals surface area (Å²) in [5, 5.41) is 0.443. The molecule has 0 radical (unpaired) electrons. The first-order valence-electron chi connectivity index (χ1n) is 4.75. The van der Waals surface area contributed by atoms with Gasteiger partial charge in [0.25, 0.3) is 5.56 Å². The Morgan fingerprint density at radius 1 is 1.35 bits per heavy atom. The zero-order valence-electron chi connectivity index (χ0n) is 8.83. The molecule has 6 heteroatoms. The van der Waals surface area contributed by atoms with Crippen molar-refractivity contribution in [3.8, 4) is 11.6 Å². The first-order chi connectivity index (χ1) is 8.08. The number of hydrogen-bond donors (Lipinski definition) is 1. The Balaban J connectivity index is 2.41. The number of aromatic amines is 1. The average molecular weight is 271 g/mol. The first-order valence-corrected chi connectivity index (χ1v) is 5.50.